The Morgan fingerprint density at radius 2 is 1.68 bits per heavy atom. The number of methoxy groups -OCH3 is 1. The van der Waals surface area contributed by atoms with E-state index in [4.69, 9.17) is 9.47 Å². The number of ketones is 1. The van der Waals surface area contributed by atoms with Crippen LogP contribution in [0.25, 0.3) is 0 Å². The Balaban J connectivity index is 2.46. The van der Waals surface area contributed by atoms with Crippen molar-refractivity contribution in [3.05, 3.63) is 70.7 Å². The van der Waals surface area contributed by atoms with Crippen molar-refractivity contribution in [3.63, 3.8) is 0 Å². The van der Waals surface area contributed by atoms with Crippen LogP contribution < -0.4 is 9.46 Å². The molecule has 31 heavy (non-hydrogen) atoms. The summed E-state index contributed by atoms with van der Waals surface area (Å²) in [6.07, 6.45) is 0. The van der Waals surface area contributed by atoms with Crippen molar-refractivity contribution in [2.24, 2.45) is 5.92 Å². The maximum atomic E-state index is 13.2. The number of hydrogen-bond donors (Lipinski definition) is 1. The second-order valence-electron chi connectivity index (χ2n) is 6.68. The lowest BCUT2D eigenvalue weighted by atomic mass is 9.91. The average molecular weight is 510 g/mol. The van der Waals surface area contributed by atoms with E-state index in [1.807, 2.05) is 6.92 Å². The van der Waals surface area contributed by atoms with Crippen LogP contribution in [-0.2, 0) is 19.6 Å². The Kier molecular flexibility index (Phi) is 8.55. The number of benzene rings is 2. The number of Topliss-reactive ketones (excluding diaryl/α,β-unsaturated/α-hetero) is 1. The zero-order chi connectivity index (χ0) is 23.2. The van der Waals surface area contributed by atoms with E-state index in [-0.39, 0.29) is 21.5 Å². The fourth-order valence-corrected chi connectivity index (χ4v) is 4.52. The SMILES string of the molecule is C=C(Br)[C@@H](C(=O)c1ccc(OC)cc1)[C@H](NS(=O)(=O)c1ccc(C)cc1)C(=O)OCC. The third-order valence-corrected chi connectivity index (χ3v) is 6.43. The van der Waals surface area contributed by atoms with Gasteiger partial charge in [-0.1, -0.05) is 40.2 Å². The van der Waals surface area contributed by atoms with E-state index >= 15 is 0 Å². The zero-order valence-corrected chi connectivity index (χ0v) is 19.8. The molecule has 0 bridgehead atoms. The summed E-state index contributed by atoms with van der Waals surface area (Å²) >= 11 is 3.18. The van der Waals surface area contributed by atoms with Crippen LogP contribution in [0.15, 0.2) is 64.5 Å². The van der Waals surface area contributed by atoms with Crippen LogP contribution in [0.2, 0.25) is 0 Å². The summed E-state index contributed by atoms with van der Waals surface area (Å²) in [5.74, 6) is -2.08. The first-order chi connectivity index (χ1) is 14.6. The normalized spacial score (nSPS) is 13.2. The monoisotopic (exact) mass is 509 g/mol. The maximum Gasteiger partial charge on any atom is 0.325 e. The van der Waals surface area contributed by atoms with Crippen molar-refractivity contribution in [2.45, 2.75) is 24.8 Å². The van der Waals surface area contributed by atoms with Crippen LogP contribution in [0.1, 0.15) is 22.8 Å². The van der Waals surface area contributed by atoms with Crippen LogP contribution in [0, 0.1) is 12.8 Å². The van der Waals surface area contributed by atoms with Gasteiger partial charge in [0, 0.05) is 10.0 Å². The van der Waals surface area contributed by atoms with Crippen LogP contribution >= 0.6 is 15.9 Å². The molecule has 2 atom stereocenters. The summed E-state index contributed by atoms with van der Waals surface area (Å²) < 4.78 is 38.5. The summed E-state index contributed by atoms with van der Waals surface area (Å²) in [5.41, 5.74) is 1.14. The Morgan fingerprint density at radius 3 is 2.16 bits per heavy atom. The highest BCUT2D eigenvalue weighted by atomic mass is 79.9. The van der Waals surface area contributed by atoms with E-state index in [1.54, 1.807) is 31.2 Å². The minimum atomic E-state index is -4.13. The van der Waals surface area contributed by atoms with Gasteiger partial charge in [-0.05, 0) is 50.2 Å². The van der Waals surface area contributed by atoms with Crippen LogP contribution in [0.3, 0.4) is 0 Å². The predicted octanol–water partition coefficient (Wildman–Crippen LogP) is 3.62. The first kappa shape index (κ1) is 24.8. The van der Waals surface area contributed by atoms with E-state index in [1.165, 1.54) is 31.4 Å². The minimum Gasteiger partial charge on any atom is -0.497 e. The Hall–Kier alpha value is -2.49. The zero-order valence-electron chi connectivity index (χ0n) is 17.4. The molecule has 0 aliphatic heterocycles. The number of halogens is 1. The van der Waals surface area contributed by atoms with Gasteiger partial charge in [0.25, 0.3) is 0 Å². The number of carbonyl (C=O) groups excluding carboxylic acids is 2. The standard InChI is InChI=1S/C22H24BrNO6S/c1-5-30-22(26)20(24-31(27,28)18-12-6-14(2)7-13-18)19(15(3)23)21(25)16-8-10-17(29-4)11-9-16/h6-13,19-20,24H,3,5H2,1-2,4H3/t19-,20+/m1/s1. The molecule has 0 aromatic heterocycles. The molecule has 7 nitrogen and oxygen atoms in total. The Labute approximate surface area is 190 Å². The second kappa shape index (κ2) is 10.7. The molecule has 0 aliphatic rings. The lowest BCUT2D eigenvalue weighted by Gasteiger charge is -2.25. The van der Waals surface area contributed by atoms with Crippen LogP contribution in [0.5, 0.6) is 5.75 Å². The van der Waals surface area contributed by atoms with Gasteiger partial charge in [0.1, 0.15) is 11.8 Å². The molecule has 0 saturated heterocycles. The molecule has 0 heterocycles. The third-order valence-electron chi connectivity index (χ3n) is 4.48. The van der Waals surface area contributed by atoms with E-state index in [0.717, 1.165) is 5.56 Å². The summed E-state index contributed by atoms with van der Waals surface area (Å²) in [7, 11) is -2.63. The Morgan fingerprint density at radius 1 is 1.10 bits per heavy atom. The first-order valence-electron chi connectivity index (χ1n) is 9.39. The summed E-state index contributed by atoms with van der Waals surface area (Å²) in [5, 5.41) is 0. The molecule has 2 rings (SSSR count). The van der Waals surface area contributed by atoms with Gasteiger partial charge in [0.05, 0.1) is 24.5 Å². The molecule has 0 amide bonds. The number of ether oxygens (including phenoxy) is 2. The van der Waals surface area contributed by atoms with Gasteiger partial charge >= 0.3 is 5.97 Å². The van der Waals surface area contributed by atoms with E-state index in [9.17, 15) is 18.0 Å². The third kappa shape index (κ3) is 6.25. The molecule has 1 N–H and O–H groups in total. The van der Waals surface area contributed by atoms with E-state index in [2.05, 4.69) is 27.2 Å². The molecule has 0 radical (unpaired) electrons. The number of rotatable bonds is 10. The van der Waals surface area contributed by atoms with Gasteiger partial charge < -0.3 is 9.47 Å². The predicted molar refractivity (Wildman–Crippen MR) is 121 cm³/mol. The average Bonchev–Trinajstić information content (AvgIpc) is 2.73. The van der Waals surface area contributed by atoms with Crippen molar-refractivity contribution in [3.8, 4) is 5.75 Å². The van der Waals surface area contributed by atoms with Crippen molar-refractivity contribution in [1.29, 1.82) is 0 Å². The maximum absolute atomic E-state index is 13.2. The fraction of sp³-hybridized carbons (Fsp3) is 0.273. The minimum absolute atomic E-state index is 0.0137. The summed E-state index contributed by atoms with van der Waals surface area (Å²) in [6.45, 7) is 7.17. The lowest BCUT2D eigenvalue weighted by Crippen LogP contribution is -2.49. The quantitative estimate of drug-likeness (QED) is 0.387. The van der Waals surface area contributed by atoms with Crippen molar-refractivity contribution in [1.82, 2.24) is 4.72 Å². The molecular weight excluding hydrogens is 486 g/mol. The van der Waals surface area contributed by atoms with Gasteiger partial charge in [-0.25, -0.2) is 8.42 Å². The molecule has 0 spiro atoms. The van der Waals surface area contributed by atoms with Crippen molar-refractivity contribution >= 4 is 37.7 Å². The van der Waals surface area contributed by atoms with Gasteiger partial charge in [-0.2, -0.15) is 4.72 Å². The molecule has 0 fully saturated rings. The molecule has 2 aromatic carbocycles. The second-order valence-corrected chi connectivity index (χ2v) is 9.41. The van der Waals surface area contributed by atoms with Gasteiger partial charge in [-0.15, -0.1) is 0 Å². The largest absolute Gasteiger partial charge is 0.497 e. The molecule has 0 unspecified atom stereocenters. The topological polar surface area (TPSA) is 98.8 Å². The number of hydrogen-bond acceptors (Lipinski definition) is 6. The highest BCUT2D eigenvalue weighted by Crippen LogP contribution is 2.27. The lowest BCUT2D eigenvalue weighted by molar-refractivity contribution is -0.145. The van der Waals surface area contributed by atoms with E-state index < -0.39 is 33.7 Å². The van der Waals surface area contributed by atoms with Gasteiger partial charge in [0.2, 0.25) is 10.0 Å². The molecule has 166 valence electrons. The van der Waals surface area contributed by atoms with Crippen molar-refractivity contribution < 1.29 is 27.5 Å². The van der Waals surface area contributed by atoms with Crippen LogP contribution in [-0.4, -0.2) is 39.9 Å². The molecule has 2 aromatic rings. The highest BCUT2D eigenvalue weighted by Gasteiger charge is 2.39. The number of carbonyl (C=O) groups is 2. The first-order valence-corrected chi connectivity index (χ1v) is 11.7. The Bertz CT molecular complexity index is 1050. The van der Waals surface area contributed by atoms with Crippen LogP contribution in [0.4, 0.5) is 0 Å². The van der Waals surface area contributed by atoms with Crippen molar-refractivity contribution in [2.75, 3.05) is 13.7 Å². The number of sulfonamides is 1. The molecule has 9 heteroatoms. The van der Waals surface area contributed by atoms with E-state index in [0.29, 0.717) is 5.75 Å². The smallest absolute Gasteiger partial charge is 0.325 e. The fourth-order valence-electron chi connectivity index (χ4n) is 2.85. The number of nitrogens with one attached hydrogen (secondary N) is 1. The highest BCUT2D eigenvalue weighted by molar-refractivity contribution is 9.11. The summed E-state index contributed by atoms with van der Waals surface area (Å²) in [6, 6.07) is 10.8. The van der Waals surface area contributed by atoms with Gasteiger partial charge in [-0.3, -0.25) is 9.59 Å². The number of aryl methyl sites for hydroxylation is 1. The number of esters is 1. The summed E-state index contributed by atoms with van der Waals surface area (Å²) in [4.78, 5) is 25.9. The molecule has 0 saturated carbocycles. The molecular formula is C22H24BrNO6S. The molecule has 0 aliphatic carbocycles. The van der Waals surface area contributed by atoms with Gasteiger partial charge in [0.15, 0.2) is 5.78 Å².